The predicted octanol–water partition coefficient (Wildman–Crippen LogP) is 4.91. The Kier molecular flexibility index (Phi) is 5.66. The normalized spacial score (nSPS) is 11.9. The highest BCUT2D eigenvalue weighted by atomic mass is 79.9. The maximum Gasteiger partial charge on any atom is 0.220 e. The molecule has 25 heavy (non-hydrogen) atoms. The highest BCUT2D eigenvalue weighted by Gasteiger charge is 2.12. The molecule has 0 unspecified atom stereocenters. The first-order valence-corrected chi connectivity index (χ1v) is 8.96. The molecule has 4 nitrogen and oxygen atoms in total. The molecule has 1 amide bonds. The molecule has 2 aromatic carbocycles. The number of aryl methyl sites for hydroxylation is 1. The first-order valence-electron chi connectivity index (χ1n) is 8.17. The first kappa shape index (κ1) is 17.4. The van der Waals surface area contributed by atoms with Crippen LogP contribution in [0.2, 0.25) is 0 Å². The molecule has 0 radical (unpaired) electrons. The molecule has 0 saturated carbocycles. The average molecular weight is 399 g/mol. The zero-order valence-corrected chi connectivity index (χ0v) is 15.5. The van der Waals surface area contributed by atoms with Crippen molar-refractivity contribution in [3.8, 4) is 11.3 Å². The van der Waals surface area contributed by atoms with Gasteiger partial charge in [0.2, 0.25) is 5.91 Å². The molecule has 0 aliphatic rings. The van der Waals surface area contributed by atoms with Gasteiger partial charge in [0, 0.05) is 22.9 Å². The quantitative estimate of drug-likeness (QED) is 0.641. The number of oxazole rings is 1. The van der Waals surface area contributed by atoms with Crippen LogP contribution in [0.4, 0.5) is 0 Å². The lowest BCUT2D eigenvalue weighted by molar-refractivity contribution is -0.121. The van der Waals surface area contributed by atoms with Crippen molar-refractivity contribution in [2.45, 2.75) is 25.8 Å². The lowest BCUT2D eigenvalue weighted by Gasteiger charge is -2.13. The number of halogens is 1. The number of benzene rings is 2. The molecule has 0 aliphatic carbocycles. The Morgan fingerprint density at radius 3 is 2.60 bits per heavy atom. The predicted molar refractivity (Wildman–Crippen MR) is 101 cm³/mol. The van der Waals surface area contributed by atoms with Crippen LogP contribution in [0.25, 0.3) is 11.3 Å². The Morgan fingerprint density at radius 2 is 1.88 bits per heavy atom. The highest BCUT2D eigenvalue weighted by molar-refractivity contribution is 9.10. The fourth-order valence-electron chi connectivity index (χ4n) is 2.53. The molecule has 1 N–H and O–H groups in total. The number of amides is 1. The van der Waals surface area contributed by atoms with Gasteiger partial charge in [0.05, 0.1) is 12.2 Å². The van der Waals surface area contributed by atoms with Gasteiger partial charge >= 0.3 is 0 Å². The van der Waals surface area contributed by atoms with Crippen molar-refractivity contribution in [3.63, 3.8) is 0 Å². The van der Waals surface area contributed by atoms with Gasteiger partial charge in [-0.25, -0.2) is 4.98 Å². The molecule has 0 fully saturated rings. The molecular weight excluding hydrogens is 380 g/mol. The fourth-order valence-corrected chi connectivity index (χ4v) is 2.80. The van der Waals surface area contributed by atoms with E-state index in [1.54, 1.807) is 6.20 Å². The van der Waals surface area contributed by atoms with E-state index in [2.05, 4.69) is 26.2 Å². The largest absolute Gasteiger partial charge is 0.441 e. The van der Waals surface area contributed by atoms with Gasteiger partial charge in [0.25, 0.3) is 0 Å². The van der Waals surface area contributed by atoms with Crippen molar-refractivity contribution < 1.29 is 9.21 Å². The summed E-state index contributed by atoms with van der Waals surface area (Å²) in [6, 6.07) is 17.7. The van der Waals surface area contributed by atoms with E-state index in [0.29, 0.717) is 24.5 Å². The van der Waals surface area contributed by atoms with E-state index in [-0.39, 0.29) is 11.9 Å². The second kappa shape index (κ2) is 8.12. The molecule has 128 valence electrons. The number of rotatable bonds is 6. The van der Waals surface area contributed by atoms with Crippen molar-refractivity contribution in [1.29, 1.82) is 0 Å². The third-order valence-corrected chi connectivity index (χ3v) is 4.45. The summed E-state index contributed by atoms with van der Waals surface area (Å²) >= 11 is 3.41. The van der Waals surface area contributed by atoms with E-state index in [9.17, 15) is 4.79 Å². The highest BCUT2D eigenvalue weighted by Crippen LogP contribution is 2.23. The lowest BCUT2D eigenvalue weighted by Crippen LogP contribution is -2.26. The van der Waals surface area contributed by atoms with Gasteiger partial charge in [0.15, 0.2) is 11.7 Å². The van der Waals surface area contributed by atoms with Crippen LogP contribution >= 0.6 is 15.9 Å². The van der Waals surface area contributed by atoms with Crippen molar-refractivity contribution in [2.75, 3.05) is 0 Å². The Balaban J connectivity index is 1.53. The number of carbonyl (C=O) groups is 1. The second-order valence-electron chi connectivity index (χ2n) is 5.83. The second-order valence-corrected chi connectivity index (χ2v) is 6.74. The van der Waals surface area contributed by atoms with Gasteiger partial charge in [0.1, 0.15) is 0 Å². The summed E-state index contributed by atoms with van der Waals surface area (Å²) in [4.78, 5) is 16.4. The minimum Gasteiger partial charge on any atom is -0.441 e. The molecule has 5 heteroatoms. The maximum atomic E-state index is 12.1. The van der Waals surface area contributed by atoms with Crippen LogP contribution in [0.15, 0.2) is 69.7 Å². The molecule has 1 atom stereocenters. The van der Waals surface area contributed by atoms with Crippen LogP contribution in [0, 0.1) is 0 Å². The molecule has 0 aliphatic heterocycles. The molecule has 0 spiro atoms. The molecule has 1 heterocycles. The van der Waals surface area contributed by atoms with Gasteiger partial charge < -0.3 is 9.73 Å². The summed E-state index contributed by atoms with van der Waals surface area (Å²) in [5.41, 5.74) is 2.05. The van der Waals surface area contributed by atoms with Gasteiger partial charge in [-0.15, -0.1) is 0 Å². The van der Waals surface area contributed by atoms with E-state index in [1.165, 1.54) is 0 Å². The molecule has 0 bridgehead atoms. The van der Waals surface area contributed by atoms with Crippen LogP contribution < -0.4 is 5.32 Å². The summed E-state index contributed by atoms with van der Waals surface area (Å²) in [5.74, 6) is 1.26. The zero-order valence-electron chi connectivity index (χ0n) is 13.9. The van der Waals surface area contributed by atoms with Crippen LogP contribution in [0.3, 0.4) is 0 Å². The summed E-state index contributed by atoms with van der Waals surface area (Å²) in [5, 5.41) is 3.00. The van der Waals surface area contributed by atoms with Crippen LogP contribution in [-0.2, 0) is 11.2 Å². The van der Waals surface area contributed by atoms with Gasteiger partial charge in [-0.05, 0) is 24.6 Å². The van der Waals surface area contributed by atoms with Gasteiger partial charge in [-0.2, -0.15) is 0 Å². The summed E-state index contributed by atoms with van der Waals surface area (Å²) < 4.78 is 6.76. The number of carbonyl (C=O) groups excluding carboxylic acids is 1. The Hall–Kier alpha value is -2.40. The molecule has 0 saturated heterocycles. The standard InChI is InChI=1S/C20H19BrN2O2/c1-14(15-5-3-2-4-6-15)23-19(24)11-12-20-22-13-18(25-20)16-7-9-17(21)10-8-16/h2-10,13-14H,11-12H2,1H3,(H,23,24)/t14-/m1/s1. The smallest absolute Gasteiger partial charge is 0.220 e. The third kappa shape index (κ3) is 4.79. The van der Waals surface area contributed by atoms with Crippen molar-refractivity contribution in [2.24, 2.45) is 0 Å². The van der Waals surface area contributed by atoms with Crippen molar-refractivity contribution >= 4 is 21.8 Å². The van der Waals surface area contributed by atoms with E-state index in [0.717, 1.165) is 15.6 Å². The molecule has 1 aromatic heterocycles. The third-order valence-electron chi connectivity index (χ3n) is 3.93. The molecule has 3 aromatic rings. The summed E-state index contributed by atoms with van der Waals surface area (Å²) in [7, 11) is 0. The number of nitrogens with zero attached hydrogens (tertiary/aromatic N) is 1. The van der Waals surface area contributed by atoms with Gasteiger partial charge in [-0.3, -0.25) is 4.79 Å². The lowest BCUT2D eigenvalue weighted by atomic mass is 10.1. The number of hydrogen-bond acceptors (Lipinski definition) is 3. The number of hydrogen-bond donors (Lipinski definition) is 1. The van der Waals surface area contributed by atoms with E-state index >= 15 is 0 Å². The minimum atomic E-state index is -0.0170. The van der Waals surface area contributed by atoms with E-state index in [1.807, 2.05) is 61.5 Å². The van der Waals surface area contributed by atoms with Crippen LogP contribution in [0.1, 0.15) is 30.8 Å². The Bertz CT molecular complexity index is 828. The number of aromatic nitrogens is 1. The summed E-state index contributed by atoms with van der Waals surface area (Å²) in [6.07, 6.45) is 2.52. The Morgan fingerprint density at radius 1 is 1.16 bits per heavy atom. The van der Waals surface area contributed by atoms with Crippen molar-refractivity contribution in [1.82, 2.24) is 10.3 Å². The monoisotopic (exact) mass is 398 g/mol. The van der Waals surface area contributed by atoms with Crippen LogP contribution in [0.5, 0.6) is 0 Å². The van der Waals surface area contributed by atoms with Gasteiger partial charge in [-0.1, -0.05) is 58.4 Å². The van der Waals surface area contributed by atoms with Crippen molar-refractivity contribution in [3.05, 3.63) is 76.7 Å². The maximum absolute atomic E-state index is 12.1. The van der Waals surface area contributed by atoms with E-state index < -0.39 is 0 Å². The van der Waals surface area contributed by atoms with Crippen LogP contribution in [-0.4, -0.2) is 10.9 Å². The average Bonchev–Trinajstić information content (AvgIpc) is 3.10. The first-order chi connectivity index (χ1) is 12.1. The SMILES string of the molecule is C[C@@H](NC(=O)CCc1ncc(-c2ccc(Br)cc2)o1)c1ccccc1. The topological polar surface area (TPSA) is 55.1 Å². The van der Waals surface area contributed by atoms with E-state index in [4.69, 9.17) is 4.42 Å². The minimum absolute atomic E-state index is 0.0141. The summed E-state index contributed by atoms with van der Waals surface area (Å²) in [6.45, 7) is 1.98. The molecule has 3 rings (SSSR count). The number of nitrogens with one attached hydrogen (secondary N) is 1. The zero-order chi connectivity index (χ0) is 17.6. The molecular formula is C20H19BrN2O2. The fraction of sp³-hybridized carbons (Fsp3) is 0.200. The Labute approximate surface area is 155 Å².